The van der Waals surface area contributed by atoms with Gasteiger partial charge in [0, 0.05) is 6.54 Å². The summed E-state index contributed by atoms with van der Waals surface area (Å²) in [5.41, 5.74) is 3.04. The highest BCUT2D eigenvalue weighted by Gasteiger charge is 2.23. The Hall–Kier alpha value is -1.43. The van der Waals surface area contributed by atoms with Crippen LogP contribution in [0.3, 0.4) is 0 Å². The average molecular weight is 279 g/mol. The molecule has 1 aliphatic heterocycles. The van der Waals surface area contributed by atoms with Gasteiger partial charge in [0.25, 0.3) is 0 Å². The van der Waals surface area contributed by atoms with Crippen molar-refractivity contribution in [2.75, 3.05) is 13.2 Å². The normalized spacial score (nSPS) is 17.1. The van der Waals surface area contributed by atoms with Crippen LogP contribution in [0.25, 0.3) is 0 Å². The van der Waals surface area contributed by atoms with Crippen molar-refractivity contribution in [1.29, 1.82) is 0 Å². The van der Waals surface area contributed by atoms with Gasteiger partial charge in [-0.05, 0) is 36.6 Å². The van der Waals surface area contributed by atoms with Crippen LogP contribution in [-0.4, -0.2) is 35.4 Å². The highest BCUT2D eigenvalue weighted by Crippen LogP contribution is 2.24. The van der Waals surface area contributed by atoms with Crippen LogP contribution < -0.4 is 5.32 Å². The molecule has 3 N–H and O–H groups in total. The molecule has 0 saturated carbocycles. The van der Waals surface area contributed by atoms with E-state index in [2.05, 4.69) is 5.32 Å². The van der Waals surface area contributed by atoms with Gasteiger partial charge in [-0.15, -0.1) is 0 Å². The van der Waals surface area contributed by atoms with Crippen molar-refractivity contribution in [2.45, 2.75) is 38.5 Å². The largest absolute Gasteiger partial charge is 0.466 e. The Morgan fingerprint density at radius 3 is 2.95 bits per heavy atom. The van der Waals surface area contributed by atoms with Gasteiger partial charge >= 0.3 is 5.97 Å². The zero-order valence-electron chi connectivity index (χ0n) is 11.6. The molecule has 0 radical (unpaired) electrons. The minimum Gasteiger partial charge on any atom is -0.466 e. The molecule has 2 unspecified atom stereocenters. The molecule has 1 aromatic rings. The van der Waals surface area contributed by atoms with Crippen molar-refractivity contribution in [3.8, 4) is 0 Å². The SMILES string of the molecule is CCOC(=O)CC(O)C(O)c1ccc2c(c1)CCNC2. The molecule has 0 aliphatic carbocycles. The first-order valence-electron chi connectivity index (χ1n) is 6.96. The first-order valence-corrected chi connectivity index (χ1v) is 6.96. The van der Waals surface area contributed by atoms with Crippen molar-refractivity contribution < 1.29 is 19.7 Å². The fourth-order valence-electron chi connectivity index (χ4n) is 2.41. The van der Waals surface area contributed by atoms with Gasteiger partial charge in [0.2, 0.25) is 0 Å². The zero-order chi connectivity index (χ0) is 14.5. The average Bonchev–Trinajstić information content (AvgIpc) is 2.46. The zero-order valence-corrected chi connectivity index (χ0v) is 11.6. The van der Waals surface area contributed by atoms with Gasteiger partial charge < -0.3 is 20.3 Å². The number of hydrogen-bond donors (Lipinski definition) is 3. The van der Waals surface area contributed by atoms with Gasteiger partial charge in [0.15, 0.2) is 0 Å². The third-order valence-electron chi connectivity index (χ3n) is 3.50. The van der Waals surface area contributed by atoms with Crippen molar-refractivity contribution in [2.24, 2.45) is 0 Å². The maximum atomic E-state index is 11.3. The number of aliphatic hydroxyl groups excluding tert-OH is 2. The molecule has 5 heteroatoms. The predicted octanol–water partition coefficient (Wildman–Crippen LogP) is 0.680. The molecule has 110 valence electrons. The fraction of sp³-hybridized carbons (Fsp3) is 0.533. The molecule has 0 spiro atoms. The Kier molecular flexibility index (Phi) is 5.11. The van der Waals surface area contributed by atoms with Crippen LogP contribution in [0.4, 0.5) is 0 Å². The summed E-state index contributed by atoms with van der Waals surface area (Å²) in [5.74, 6) is -0.499. The summed E-state index contributed by atoms with van der Waals surface area (Å²) in [6.45, 7) is 3.72. The molecule has 0 aromatic heterocycles. The number of carbonyl (C=O) groups excluding carboxylic acids is 1. The third kappa shape index (κ3) is 3.56. The van der Waals surface area contributed by atoms with Gasteiger partial charge in [-0.25, -0.2) is 0 Å². The molecule has 0 saturated heterocycles. The van der Waals surface area contributed by atoms with E-state index in [1.54, 1.807) is 13.0 Å². The Morgan fingerprint density at radius 1 is 1.40 bits per heavy atom. The summed E-state index contributed by atoms with van der Waals surface area (Å²) in [4.78, 5) is 11.3. The maximum Gasteiger partial charge on any atom is 0.308 e. The Morgan fingerprint density at radius 2 is 2.20 bits per heavy atom. The van der Waals surface area contributed by atoms with Gasteiger partial charge in [-0.1, -0.05) is 18.2 Å². The van der Waals surface area contributed by atoms with E-state index in [4.69, 9.17) is 4.74 Å². The lowest BCUT2D eigenvalue weighted by Crippen LogP contribution is -2.25. The Balaban J connectivity index is 2.04. The van der Waals surface area contributed by atoms with Crippen molar-refractivity contribution in [3.63, 3.8) is 0 Å². The van der Waals surface area contributed by atoms with Gasteiger partial charge in [0.1, 0.15) is 6.10 Å². The van der Waals surface area contributed by atoms with Crippen LogP contribution in [0.1, 0.15) is 36.1 Å². The number of fused-ring (bicyclic) bond motifs is 1. The van der Waals surface area contributed by atoms with E-state index in [1.165, 1.54) is 11.1 Å². The number of benzene rings is 1. The van der Waals surface area contributed by atoms with Crippen LogP contribution in [0.5, 0.6) is 0 Å². The maximum absolute atomic E-state index is 11.3. The minimum absolute atomic E-state index is 0.201. The lowest BCUT2D eigenvalue weighted by Gasteiger charge is -2.21. The van der Waals surface area contributed by atoms with Crippen LogP contribution in [0.2, 0.25) is 0 Å². The van der Waals surface area contributed by atoms with E-state index < -0.39 is 18.2 Å². The molecule has 5 nitrogen and oxygen atoms in total. The Bertz CT molecular complexity index is 475. The van der Waals surface area contributed by atoms with Gasteiger partial charge in [-0.2, -0.15) is 0 Å². The van der Waals surface area contributed by atoms with Gasteiger partial charge in [-0.3, -0.25) is 4.79 Å². The molecule has 0 bridgehead atoms. The van der Waals surface area contributed by atoms with E-state index in [-0.39, 0.29) is 13.0 Å². The molecule has 20 heavy (non-hydrogen) atoms. The lowest BCUT2D eigenvalue weighted by atomic mass is 9.94. The highest BCUT2D eigenvalue weighted by molar-refractivity contribution is 5.70. The van der Waals surface area contributed by atoms with E-state index in [0.29, 0.717) is 5.56 Å². The number of hydrogen-bond acceptors (Lipinski definition) is 5. The molecule has 2 atom stereocenters. The number of esters is 1. The second-order valence-electron chi connectivity index (χ2n) is 4.98. The fourth-order valence-corrected chi connectivity index (χ4v) is 2.41. The first kappa shape index (κ1) is 15.0. The van der Waals surface area contributed by atoms with Crippen molar-refractivity contribution in [1.82, 2.24) is 5.32 Å². The summed E-state index contributed by atoms with van der Waals surface area (Å²) >= 11 is 0. The van der Waals surface area contributed by atoms with E-state index in [0.717, 1.165) is 19.5 Å². The molecule has 1 aliphatic rings. The second kappa shape index (κ2) is 6.83. The van der Waals surface area contributed by atoms with Crippen LogP contribution in [0.15, 0.2) is 18.2 Å². The molecular formula is C15H21NO4. The second-order valence-corrected chi connectivity index (χ2v) is 4.98. The quantitative estimate of drug-likeness (QED) is 0.691. The number of carbonyl (C=O) groups is 1. The summed E-state index contributed by atoms with van der Waals surface area (Å²) in [5, 5.41) is 23.3. The summed E-state index contributed by atoms with van der Waals surface area (Å²) in [6.07, 6.45) is -1.51. The molecular weight excluding hydrogens is 258 g/mol. The number of ether oxygens (including phenoxy) is 1. The summed E-state index contributed by atoms with van der Waals surface area (Å²) < 4.78 is 4.77. The first-order chi connectivity index (χ1) is 9.61. The standard InChI is InChI=1S/C15H21NO4/c1-2-20-14(18)8-13(17)15(19)11-3-4-12-9-16-6-5-10(12)7-11/h3-4,7,13,15-17,19H,2,5-6,8-9H2,1H3. The summed E-state index contributed by atoms with van der Waals surface area (Å²) in [6, 6.07) is 5.66. The predicted molar refractivity (Wildman–Crippen MR) is 74.1 cm³/mol. The lowest BCUT2D eigenvalue weighted by molar-refractivity contribution is -0.147. The van der Waals surface area contributed by atoms with E-state index in [9.17, 15) is 15.0 Å². The molecule has 2 rings (SSSR count). The van der Waals surface area contributed by atoms with Crippen molar-refractivity contribution in [3.05, 3.63) is 34.9 Å². The number of rotatable bonds is 5. The van der Waals surface area contributed by atoms with E-state index in [1.807, 2.05) is 12.1 Å². The van der Waals surface area contributed by atoms with Crippen LogP contribution >= 0.6 is 0 Å². The topological polar surface area (TPSA) is 78.8 Å². The van der Waals surface area contributed by atoms with E-state index >= 15 is 0 Å². The highest BCUT2D eigenvalue weighted by atomic mass is 16.5. The van der Waals surface area contributed by atoms with Crippen LogP contribution in [0, 0.1) is 0 Å². The van der Waals surface area contributed by atoms with Crippen molar-refractivity contribution >= 4 is 5.97 Å². The number of nitrogens with one attached hydrogen (secondary N) is 1. The third-order valence-corrected chi connectivity index (χ3v) is 3.50. The smallest absolute Gasteiger partial charge is 0.308 e. The van der Waals surface area contributed by atoms with Crippen LogP contribution in [-0.2, 0) is 22.5 Å². The minimum atomic E-state index is -1.14. The molecule has 0 fully saturated rings. The molecule has 1 aromatic carbocycles. The Labute approximate surface area is 118 Å². The van der Waals surface area contributed by atoms with Gasteiger partial charge in [0.05, 0.1) is 19.1 Å². The molecule has 1 heterocycles. The monoisotopic (exact) mass is 279 g/mol. The number of aliphatic hydroxyl groups is 2. The molecule has 0 amide bonds. The summed E-state index contributed by atoms with van der Waals surface area (Å²) in [7, 11) is 0.